The van der Waals surface area contributed by atoms with Gasteiger partial charge in [0, 0.05) is 12.2 Å². The Labute approximate surface area is 126 Å². The summed E-state index contributed by atoms with van der Waals surface area (Å²) in [7, 11) is 0. The van der Waals surface area contributed by atoms with Crippen molar-refractivity contribution in [2.75, 3.05) is 5.32 Å². The normalized spacial score (nSPS) is 11.9. The number of hydrogen-bond acceptors (Lipinski definition) is 4. The smallest absolute Gasteiger partial charge is 0.237 e. The van der Waals surface area contributed by atoms with Gasteiger partial charge in [-0.2, -0.15) is 0 Å². The topological polar surface area (TPSA) is 59.8 Å². The van der Waals surface area contributed by atoms with Crippen molar-refractivity contribution < 1.29 is 9.18 Å². The summed E-state index contributed by atoms with van der Waals surface area (Å²) >= 11 is 1.28. The number of aromatic nitrogens is 3. The highest BCUT2D eigenvalue weighted by atomic mass is 32.2. The van der Waals surface area contributed by atoms with Crippen LogP contribution in [0.5, 0.6) is 0 Å². The minimum absolute atomic E-state index is 0.223. The average molecular weight is 306 g/mol. The highest BCUT2D eigenvalue weighted by molar-refractivity contribution is 8.00. The first kappa shape index (κ1) is 15.2. The molecule has 0 saturated heterocycles. The summed E-state index contributed by atoms with van der Waals surface area (Å²) < 4.78 is 14.9. The Morgan fingerprint density at radius 2 is 2.43 bits per heavy atom. The first-order valence-electron chi connectivity index (χ1n) is 6.32. The van der Waals surface area contributed by atoms with Crippen LogP contribution in [0.3, 0.4) is 0 Å². The lowest BCUT2D eigenvalue weighted by molar-refractivity contribution is -0.115. The van der Waals surface area contributed by atoms with E-state index in [9.17, 15) is 9.18 Å². The number of carbonyl (C=O) groups excluding carboxylic acids is 1. The maximum absolute atomic E-state index is 13.1. The molecule has 110 valence electrons. The standard InChI is InChI=1S/C14H15FN4OS/c1-3-7-19-9-16-18-14(19)21-10(2)13(20)17-12-6-4-5-11(15)8-12/h3-6,8-10H,1,7H2,2H3,(H,17,20)/t10-/m0/s1. The fourth-order valence-electron chi connectivity index (χ4n) is 1.62. The number of amides is 1. The van der Waals surface area contributed by atoms with Crippen molar-refractivity contribution in [2.45, 2.75) is 23.9 Å². The third-order valence-corrected chi connectivity index (χ3v) is 3.74. The molecule has 2 rings (SSSR count). The molecular weight excluding hydrogens is 291 g/mol. The molecule has 0 fully saturated rings. The van der Waals surface area contributed by atoms with Crippen LogP contribution in [0.1, 0.15) is 6.92 Å². The van der Waals surface area contributed by atoms with E-state index in [2.05, 4.69) is 22.1 Å². The second kappa shape index (κ2) is 7.03. The van der Waals surface area contributed by atoms with Crippen molar-refractivity contribution in [3.63, 3.8) is 0 Å². The third-order valence-electron chi connectivity index (χ3n) is 2.65. The van der Waals surface area contributed by atoms with E-state index in [0.29, 0.717) is 17.4 Å². The van der Waals surface area contributed by atoms with Gasteiger partial charge in [0.2, 0.25) is 5.91 Å². The van der Waals surface area contributed by atoms with E-state index in [1.807, 2.05) is 0 Å². The van der Waals surface area contributed by atoms with Gasteiger partial charge in [-0.05, 0) is 25.1 Å². The number of nitrogens with one attached hydrogen (secondary N) is 1. The molecule has 21 heavy (non-hydrogen) atoms. The van der Waals surface area contributed by atoms with E-state index in [0.717, 1.165) is 0 Å². The van der Waals surface area contributed by atoms with Gasteiger partial charge in [-0.3, -0.25) is 4.79 Å². The van der Waals surface area contributed by atoms with Crippen molar-refractivity contribution in [2.24, 2.45) is 0 Å². The van der Waals surface area contributed by atoms with Crippen molar-refractivity contribution in [3.8, 4) is 0 Å². The van der Waals surface area contributed by atoms with Crippen molar-refractivity contribution in [3.05, 3.63) is 49.1 Å². The van der Waals surface area contributed by atoms with Crippen LogP contribution in [0, 0.1) is 5.82 Å². The molecule has 0 aliphatic heterocycles. The van der Waals surface area contributed by atoms with E-state index < -0.39 is 0 Å². The molecule has 0 saturated carbocycles. The van der Waals surface area contributed by atoms with Gasteiger partial charge >= 0.3 is 0 Å². The number of thioether (sulfide) groups is 1. The predicted molar refractivity (Wildman–Crippen MR) is 80.6 cm³/mol. The molecule has 7 heteroatoms. The Hall–Kier alpha value is -2.15. The van der Waals surface area contributed by atoms with Gasteiger partial charge in [0.05, 0.1) is 5.25 Å². The van der Waals surface area contributed by atoms with E-state index in [-0.39, 0.29) is 17.0 Å². The number of allylic oxidation sites excluding steroid dienone is 1. The summed E-state index contributed by atoms with van der Waals surface area (Å²) in [6.45, 7) is 5.99. The van der Waals surface area contributed by atoms with Gasteiger partial charge in [-0.15, -0.1) is 16.8 Å². The van der Waals surface area contributed by atoms with Crippen molar-refractivity contribution in [1.82, 2.24) is 14.8 Å². The molecule has 0 spiro atoms. The van der Waals surface area contributed by atoms with Crippen LogP contribution in [-0.2, 0) is 11.3 Å². The van der Waals surface area contributed by atoms with E-state index in [1.54, 1.807) is 36.0 Å². The van der Waals surface area contributed by atoms with E-state index in [1.165, 1.54) is 23.9 Å². The Kier molecular flexibility index (Phi) is 5.10. The fourth-order valence-corrected chi connectivity index (χ4v) is 2.46. The largest absolute Gasteiger partial charge is 0.325 e. The summed E-state index contributed by atoms with van der Waals surface area (Å²) in [4.78, 5) is 12.1. The van der Waals surface area contributed by atoms with Gasteiger partial charge in [0.25, 0.3) is 0 Å². The summed E-state index contributed by atoms with van der Waals surface area (Å²) in [6, 6.07) is 5.78. The second-order valence-corrected chi connectivity index (χ2v) is 5.62. The van der Waals surface area contributed by atoms with Crippen molar-refractivity contribution in [1.29, 1.82) is 0 Å². The lowest BCUT2D eigenvalue weighted by atomic mass is 10.3. The van der Waals surface area contributed by atoms with Crippen LogP contribution in [0.25, 0.3) is 0 Å². The quantitative estimate of drug-likeness (QED) is 0.658. The second-order valence-electron chi connectivity index (χ2n) is 4.31. The van der Waals surface area contributed by atoms with Crippen LogP contribution in [-0.4, -0.2) is 25.9 Å². The minimum Gasteiger partial charge on any atom is -0.325 e. The monoisotopic (exact) mass is 306 g/mol. The molecule has 0 unspecified atom stereocenters. The molecule has 1 aromatic heterocycles. The van der Waals surface area contributed by atoms with Crippen LogP contribution in [0.4, 0.5) is 10.1 Å². The first-order valence-corrected chi connectivity index (χ1v) is 7.20. The first-order chi connectivity index (χ1) is 10.1. The number of carbonyl (C=O) groups is 1. The molecule has 5 nitrogen and oxygen atoms in total. The zero-order chi connectivity index (χ0) is 15.2. The van der Waals surface area contributed by atoms with Crippen LogP contribution in [0.15, 0.2) is 48.4 Å². The molecule has 1 amide bonds. The number of benzene rings is 1. The summed E-state index contributed by atoms with van der Waals surface area (Å²) in [5.41, 5.74) is 0.431. The molecule has 1 aromatic carbocycles. The van der Waals surface area contributed by atoms with Gasteiger partial charge in [0.1, 0.15) is 12.1 Å². The van der Waals surface area contributed by atoms with Gasteiger partial charge in [-0.1, -0.05) is 23.9 Å². The van der Waals surface area contributed by atoms with Crippen molar-refractivity contribution >= 4 is 23.4 Å². The molecule has 0 aliphatic rings. The Morgan fingerprint density at radius 3 is 3.14 bits per heavy atom. The summed E-state index contributed by atoms with van der Waals surface area (Å²) in [6.07, 6.45) is 3.31. The van der Waals surface area contributed by atoms with E-state index in [4.69, 9.17) is 0 Å². The maximum atomic E-state index is 13.1. The maximum Gasteiger partial charge on any atom is 0.237 e. The lowest BCUT2D eigenvalue weighted by Gasteiger charge is -2.11. The van der Waals surface area contributed by atoms with E-state index >= 15 is 0 Å². The molecule has 0 radical (unpaired) electrons. The zero-order valence-corrected chi connectivity index (χ0v) is 12.3. The fraction of sp³-hybridized carbons (Fsp3) is 0.214. The van der Waals surface area contributed by atoms with Gasteiger partial charge in [-0.25, -0.2) is 4.39 Å². The molecule has 0 bridgehead atoms. The number of rotatable bonds is 6. The summed E-state index contributed by atoms with van der Waals surface area (Å²) in [5, 5.41) is 10.7. The highest BCUT2D eigenvalue weighted by Crippen LogP contribution is 2.22. The molecule has 2 aromatic rings. The van der Waals surface area contributed by atoms with Gasteiger partial charge in [0.15, 0.2) is 5.16 Å². The SMILES string of the molecule is C=CCn1cnnc1S[C@@H](C)C(=O)Nc1cccc(F)c1. The molecule has 1 atom stereocenters. The highest BCUT2D eigenvalue weighted by Gasteiger charge is 2.17. The number of hydrogen-bond donors (Lipinski definition) is 1. The molecule has 0 aliphatic carbocycles. The van der Waals surface area contributed by atoms with Crippen LogP contribution in [0.2, 0.25) is 0 Å². The van der Waals surface area contributed by atoms with Crippen LogP contribution >= 0.6 is 11.8 Å². The third kappa shape index (κ3) is 4.16. The molecule has 1 heterocycles. The zero-order valence-electron chi connectivity index (χ0n) is 11.5. The molecule has 1 N–H and O–H groups in total. The number of halogens is 1. The Morgan fingerprint density at radius 1 is 1.62 bits per heavy atom. The average Bonchev–Trinajstić information content (AvgIpc) is 2.86. The Bertz CT molecular complexity index is 643. The number of nitrogens with zero attached hydrogens (tertiary/aromatic N) is 3. The number of anilines is 1. The minimum atomic E-state index is -0.390. The molecular formula is C14H15FN4OS. The van der Waals surface area contributed by atoms with Gasteiger partial charge < -0.3 is 9.88 Å². The lowest BCUT2D eigenvalue weighted by Crippen LogP contribution is -2.23. The predicted octanol–water partition coefficient (Wildman–Crippen LogP) is 2.72. The van der Waals surface area contributed by atoms with Crippen LogP contribution < -0.4 is 5.32 Å². The Balaban J connectivity index is 1.99. The summed E-state index contributed by atoms with van der Waals surface area (Å²) in [5.74, 6) is -0.613.